The molecule has 3 rings (SSSR count). The van der Waals surface area contributed by atoms with Crippen LogP contribution < -0.4 is 5.32 Å². The lowest BCUT2D eigenvalue weighted by Crippen LogP contribution is -2.15. The van der Waals surface area contributed by atoms with Crippen molar-refractivity contribution >= 4 is 34.0 Å². The van der Waals surface area contributed by atoms with E-state index in [4.69, 9.17) is 0 Å². The van der Waals surface area contributed by atoms with Crippen molar-refractivity contribution in [2.45, 2.75) is 0 Å². The summed E-state index contributed by atoms with van der Waals surface area (Å²) >= 11 is 0. The lowest BCUT2D eigenvalue weighted by Gasteiger charge is -2.06. The number of carbonyl (C=O) groups excluding carboxylic acids is 1. The number of aromatic carboxylic acids is 1. The zero-order valence-electron chi connectivity index (χ0n) is 12.9. The largest absolute Gasteiger partial charge is 0.477 e. The number of nitrogens with zero attached hydrogens (tertiary/aromatic N) is 1. The number of ketones is 1. The van der Waals surface area contributed by atoms with Crippen molar-refractivity contribution in [1.82, 2.24) is 4.98 Å². The van der Waals surface area contributed by atoms with Gasteiger partial charge >= 0.3 is 5.97 Å². The van der Waals surface area contributed by atoms with Gasteiger partial charge in [-0.2, -0.15) is 0 Å². The van der Waals surface area contributed by atoms with Crippen LogP contribution in [0.4, 0.5) is 11.4 Å². The molecule has 0 fully saturated rings. The van der Waals surface area contributed by atoms with Crippen molar-refractivity contribution in [3.8, 4) is 0 Å². The van der Waals surface area contributed by atoms with Crippen molar-refractivity contribution in [1.29, 1.82) is 0 Å². The Labute approximate surface area is 141 Å². The Morgan fingerprint density at radius 3 is 2.52 bits per heavy atom. The molecule has 0 radical (unpaired) electrons. The van der Waals surface area contributed by atoms with Crippen LogP contribution in [0.15, 0.2) is 48.5 Å². The van der Waals surface area contributed by atoms with Gasteiger partial charge in [0, 0.05) is 23.1 Å². The molecule has 0 unspecified atom stereocenters. The molecule has 25 heavy (non-hydrogen) atoms. The number of aromatic amines is 1. The number of benzene rings is 2. The predicted octanol–water partition coefficient (Wildman–Crippen LogP) is 3.07. The summed E-state index contributed by atoms with van der Waals surface area (Å²) in [5.41, 5.74) is 0.722. The first-order valence-corrected chi connectivity index (χ1v) is 7.33. The number of aromatic nitrogens is 1. The van der Waals surface area contributed by atoms with E-state index in [0.717, 1.165) is 0 Å². The molecular weight excluding hydrogens is 326 g/mol. The van der Waals surface area contributed by atoms with Crippen molar-refractivity contribution in [3.63, 3.8) is 0 Å². The van der Waals surface area contributed by atoms with Crippen LogP contribution in [0.2, 0.25) is 0 Å². The van der Waals surface area contributed by atoms with Crippen molar-refractivity contribution in [2.24, 2.45) is 0 Å². The summed E-state index contributed by atoms with van der Waals surface area (Å²) in [6, 6.07) is 12.6. The average Bonchev–Trinajstić information content (AvgIpc) is 2.98. The van der Waals surface area contributed by atoms with Gasteiger partial charge in [-0.05, 0) is 6.07 Å². The van der Waals surface area contributed by atoms with Crippen LogP contribution in [0.25, 0.3) is 10.9 Å². The minimum absolute atomic E-state index is 0.103. The molecule has 2 aromatic carbocycles. The fraction of sp³-hybridized carbons (Fsp3) is 0.0588. The molecule has 8 nitrogen and oxygen atoms in total. The Kier molecular flexibility index (Phi) is 4.17. The lowest BCUT2D eigenvalue weighted by atomic mass is 10.1. The molecule has 3 N–H and O–H groups in total. The topological polar surface area (TPSA) is 125 Å². The highest BCUT2D eigenvalue weighted by Gasteiger charge is 2.19. The maximum atomic E-state index is 12.2. The number of carboxylic acids is 1. The summed E-state index contributed by atoms with van der Waals surface area (Å²) in [7, 11) is 0. The summed E-state index contributed by atoms with van der Waals surface area (Å²) in [6.07, 6.45) is 0. The molecule has 0 aliphatic heterocycles. The van der Waals surface area contributed by atoms with E-state index in [2.05, 4.69) is 10.3 Å². The van der Waals surface area contributed by atoms with E-state index in [9.17, 15) is 24.8 Å². The number of fused-ring (bicyclic) bond motifs is 1. The first kappa shape index (κ1) is 16.2. The molecule has 0 aliphatic carbocycles. The number of hydrogen-bond donors (Lipinski definition) is 3. The van der Waals surface area contributed by atoms with Gasteiger partial charge in [0.05, 0.1) is 22.7 Å². The van der Waals surface area contributed by atoms with Gasteiger partial charge in [-0.25, -0.2) is 4.79 Å². The van der Waals surface area contributed by atoms with E-state index in [1.807, 2.05) is 0 Å². The Balaban J connectivity index is 1.94. The number of anilines is 1. The van der Waals surface area contributed by atoms with E-state index >= 15 is 0 Å². The first-order chi connectivity index (χ1) is 12.0. The molecule has 126 valence electrons. The molecule has 0 spiro atoms. The van der Waals surface area contributed by atoms with Gasteiger partial charge in [0.2, 0.25) is 0 Å². The number of non-ortho nitro benzene ring substituents is 1. The SMILES string of the molecule is O=C(CNc1c(C(=O)O)[nH]c2cc([N+](=O)[O-])ccc12)c1ccccc1. The summed E-state index contributed by atoms with van der Waals surface area (Å²) in [4.78, 5) is 36.6. The number of nitro benzene ring substituents is 1. The maximum Gasteiger partial charge on any atom is 0.354 e. The number of nitrogens with one attached hydrogen (secondary N) is 2. The number of rotatable bonds is 6. The molecule has 0 saturated carbocycles. The third kappa shape index (κ3) is 3.18. The van der Waals surface area contributed by atoms with Crippen LogP contribution in [0.5, 0.6) is 0 Å². The fourth-order valence-electron chi connectivity index (χ4n) is 2.54. The second kappa shape index (κ2) is 6.44. The summed E-state index contributed by atoms with van der Waals surface area (Å²) in [5, 5.41) is 23.5. The Morgan fingerprint density at radius 2 is 1.88 bits per heavy atom. The van der Waals surface area contributed by atoms with Crippen LogP contribution in [0.3, 0.4) is 0 Å². The van der Waals surface area contributed by atoms with Gasteiger partial charge in [0.1, 0.15) is 5.69 Å². The van der Waals surface area contributed by atoms with Gasteiger partial charge in [-0.15, -0.1) is 0 Å². The summed E-state index contributed by atoms with van der Waals surface area (Å²) < 4.78 is 0. The lowest BCUT2D eigenvalue weighted by molar-refractivity contribution is -0.384. The van der Waals surface area contributed by atoms with Gasteiger partial charge in [-0.1, -0.05) is 30.3 Å². The second-order valence-electron chi connectivity index (χ2n) is 5.31. The standard InChI is InChI=1S/C17H13N3O5/c21-14(10-4-2-1-3-5-10)9-18-15-12-7-6-11(20(24)25)8-13(12)19-16(15)17(22)23/h1-8,18-19H,9H2,(H,22,23). The van der Waals surface area contributed by atoms with Crippen LogP contribution >= 0.6 is 0 Å². The van der Waals surface area contributed by atoms with Crippen LogP contribution in [-0.4, -0.2) is 33.3 Å². The average molecular weight is 339 g/mol. The minimum atomic E-state index is -1.23. The first-order valence-electron chi connectivity index (χ1n) is 7.33. The zero-order chi connectivity index (χ0) is 18.0. The van der Waals surface area contributed by atoms with E-state index in [1.165, 1.54) is 18.2 Å². The van der Waals surface area contributed by atoms with Crippen molar-refractivity contribution in [2.75, 3.05) is 11.9 Å². The molecule has 0 bridgehead atoms. The molecule has 0 amide bonds. The van der Waals surface area contributed by atoms with Crippen molar-refractivity contribution < 1.29 is 19.6 Å². The number of nitro groups is 1. The Morgan fingerprint density at radius 1 is 1.16 bits per heavy atom. The third-order valence-corrected chi connectivity index (χ3v) is 3.73. The monoisotopic (exact) mass is 339 g/mol. The van der Waals surface area contributed by atoms with Gasteiger partial charge in [0.15, 0.2) is 5.78 Å². The van der Waals surface area contributed by atoms with E-state index in [0.29, 0.717) is 16.5 Å². The number of H-pyrrole nitrogens is 1. The fourth-order valence-corrected chi connectivity index (χ4v) is 2.54. The number of carbonyl (C=O) groups is 2. The molecule has 8 heteroatoms. The minimum Gasteiger partial charge on any atom is -0.477 e. The quantitative estimate of drug-likeness (QED) is 0.360. The molecule has 0 aliphatic rings. The van der Waals surface area contributed by atoms with Crippen LogP contribution in [-0.2, 0) is 0 Å². The predicted molar refractivity (Wildman–Crippen MR) is 91.2 cm³/mol. The number of Topliss-reactive ketones (excluding diaryl/α,β-unsaturated/α-hetero) is 1. The Bertz CT molecular complexity index is 979. The van der Waals surface area contributed by atoms with E-state index in [-0.39, 0.29) is 29.4 Å². The molecular formula is C17H13N3O5. The van der Waals surface area contributed by atoms with Gasteiger partial charge in [0.25, 0.3) is 5.69 Å². The highest BCUT2D eigenvalue weighted by molar-refractivity contribution is 6.07. The highest BCUT2D eigenvalue weighted by atomic mass is 16.6. The number of hydrogen-bond acceptors (Lipinski definition) is 5. The summed E-state index contributed by atoms with van der Waals surface area (Å²) in [6.45, 7) is -0.103. The molecule has 3 aromatic rings. The number of carboxylic acid groups (broad SMARTS) is 1. The zero-order valence-corrected chi connectivity index (χ0v) is 12.9. The summed E-state index contributed by atoms with van der Waals surface area (Å²) in [5.74, 6) is -1.43. The van der Waals surface area contributed by atoms with Gasteiger partial charge in [-0.3, -0.25) is 14.9 Å². The van der Waals surface area contributed by atoms with Gasteiger partial charge < -0.3 is 15.4 Å². The van der Waals surface area contributed by atoms with Crippen LogP contribution in [0.1, 0.15) is 20.8 Å². The second-order valence-corrected chi connectivity index (χ2v) is 5.31. The van der Waals surface area contributed by atoms with E-state index in [1.54, 1.807) is 30.3 Å². The molecule has 1 heterocycles. The highest BCUT2D eigenvalue weighted by Crippen LogP contribution is 2.30. The Hall–Kier alpha value is -3.68. The third-order valence-electron chi connectivity index (χ3n) is 3.73. The smallest absolute Gasteiger partial charge is 0.354 e. The maximum absolute atomic E-state index is 12.2. The normalized spacial score (nSPS) is 10.6. The molecule has 1 aromatic heterocycles. The van der Waals surface area contributed by atoms with Crippen LogP contribution in [0, 0.1) is 10.1 Å². The van der Waals surface area contributed by atoms with Crippen molar-refractivity contribution in [3.05, 3.63) is 69.9 Å². The van der Waals surface area contributed by atoms with E-state index < -0.39 is 10.9 Å². The molecule has 0 atom stereocenters. The molecule has 0 saturated heterocycles.